The van der Waals surface area contributed by atoms with Gasteiger partial charge >= 0.3 is 0 Å². The number of likely N-dealkylation sites (tertiary alicyclic amines) is 1. The van der Waals surface area contributed by atoms with Crippen LogP contribution in [0.5, 0.6) is 5.75 Å². The van der Waals surface area contributed by atoms with Gasteiger partial charge in [0, 0.05) is 32.2 Å². The fourth-order valence-electron chi connectivity index (χ4n) is 5.74. The van der Waals surface area contributed by atoms with Crippen LogP contribution in [-0.4, -0.2) is 76.1 Å². The van der Waals surface area contributed by atoms with E-state index < -0.39 is 10.0 Å². The topological polar surface area (TPSA) is 88.2 Å². The van der Waals surface area contributed by atoms with Crippen molar-refractivity contribution in [3.8, 4) is 5.75 Å². The van der Waals surface area contributed by atoms with Gasteiger partial charge in [-0.25, -0.2) is 8.42 Å². The zero-order valence-electron chi connectivity index (χ0n) is 22.8. The summed E-state index contributed by atoms with van der Waals surface area (Å²) >= 11 is 0. The molecule has 0 bridgehead atoms. The summed E-state index contributed by atoms with van der Waals surface area (Å²) in [6.07, 6.45) is 3.72. The Morgan fingerprint density at radius 2 is 1.76 bits per heavy atom. The summed E-state index contributed by atoms with van der Waals surface area (Å²) in [6, 6.07) is 13.7. The van der Waals surface area contributed by atoms with E-state index in [0.717, 1.165) is 38.9 Å². The van der Waals surface area contributed by atoms with Crippen molar-refractivity contribution in [3.05, 3.63) is 59.2 Å². The number of hydrogen-bond acceptors (Lipinski definition) is 6. The lowest BCUT2D eigenvalue weighted by Gasteiger charge is -2.32. The Morgan fingerprint density at radius 3 is 2.47 bits per heavy atom. The third kappa shape index (κ3) is 7.14. The molecule has 9 heteroatoms. The molecule has 38 heavy (non-hydrogen) atoms. The maximum absolute atomic E-state index is 13.5. The second-order valence-corrected chi connectivity index (χ2v) is 12.4. The molecule has 2 saturated heterocycles. The van der Waals surface area contributed by atoms with E-state index in [-0.39, 0.29) is 25.2 Å². The molecule has 0 aliphatic carbocycles. The lowest BCUT2D eigenvalue weighted by Crippen LogP contribution is -2.42. The SMILES string of the molecule is COc1cc(C)c(S(=O)(=O)N2CCCC2COCC(=O)NCC2CCCN(Cc3ccccc3)C2)c(C)c1. The van der Waals surface area contributed by atoms with Gasteiger partial charge < -0.3 is 14.8 Å². The predicted molar refractivity (Wildman–Crippen MR) is 148 cm³/mol. The van der Waals surface area contributed by atoms with Gasteiger partial charge in [-0.3, -0.25) is 9.69 Å². The van der Waals surface area contributed by atoms with Crippen LogP contribution in [0.2, 0.25) is 0 Å². The van der Waals surface area contributed by atoms with Gasteiger partial charge in [0.05, 0.1) is 18.6 Å². The molecule has 2 aliphatic rings. The van der Waals surface area contributed by atoms with Crippen molar-refractivity contribution < 1.29 is 22.7 Å². The fraction of sp³-hybridized carbons (Fsp3) is 0.552. The second-order valence-electron chi connectivity index (χ2n) is 10.6. The molecular weight excluding hydrogens is 502 g/mol. The zero-order valence-corrected chi connectivity index (χ0v) is 23.6. The number of nitrogens with one attached hydrogen (secondary N) is 1. The van der Waals surface area contributed by atoms with E-state index in [2.05, 4.69) is 34.5 Å². The lowest BCUT2D eigenvalue weighted by atomic mass is 9.97. The number of benzene rings is 2. The fourth-order valence-corrected chi connectivity index (χ4v) is 7.84. The molecule has 0 spiro atoms. The van der Waals surface area contributed by atoms with E-state index in [9.17, 15) is 13.2 Å². The van der Waals surface area contributed by atoms with E-state index in [1.54, 1.807) is 33.1 Å². The first-order valence-corrected chi connectivity index (χ1v) is 15.0. The third-order valence-electron chi connectivity index (χ3n) is 7.54. The largest absolute Gasteiger partial charge is 0.497 e. The van der Waals surface area contributed by atoms with Crippen LogP contribution in [0.15, 0.2) is 47.4 Å². The molecule has 1 N–H and O–H groups in total. The van der Waals surface area contributed by atoms with Crippen LogP contribution in [0.1, 0.15) is 42.4 Å². The Balaban J connectivity index is 1.23. The van der Waals surface area contributed by atoms with Crippen molar-refractivity contribution in [1.29, 1.82) is 0 Å². The van der Waals surface area contributed by atoms with E-state index in [1.807, 2.05) is 6.07 Å². The average molecular weight is 544 g/mol. The summed E-state index contributed by atoms with van der Waals surface area (Å²) in [5.41, 5.74) is 2.64. The number of carbonyl (C=O) groups is 1. The molecule has 0 aromatic heterocycles. The standard InChI is InChI=1S/C29H41N3O5S/c1-22-15-27(36-3)16-23(2)29(22)38(34,35)32-14-8-12-26(32)20-37-21-28(33)30-17-25-11-7-13-31(19-25)18-24-9-5-4-6-10-24/h4-6,9-10,15-16,25-26H,7-8,11-14,17-21H2,1-3H3,(H,30,33). The number of methoxy groups -OCH3 is 1. The summed E-state index contributed by atoms with van der Waals surface area (Å²) < 4.78 is 39.6. The van der Waals surface area contributed by atoms with Crippen molar-refractivity contribution in [1.82, 2.24) is 14.5 Å². The van der Waals surface area contributed by atoms with Gasteiger partial charge in [0.1, 0.15) is 12.4 Å². The molecule has 208 valence electrons. The van der Waals surface area contributed by atoms with Gasteiger partial charge in [0.15, 0.2) is 0 Å². The summed E-state index contributed by atoms with van der Waals surface area (Å²) in [4.78, 5) is 15.3. The first kappa shape index (κ1) is 28.5. The molecule has 0 radical (unpaired) electrons. The van der Waals surface area contributed by atoms with E-state index >= 15 is 0 Å². The molecule has 2 aromatic rings. The highest BCUT2D eigenvalue weighted by atomic mass is 32.2. The number of ether oxygens (including phenoxy) is 2. The van der Waals surface area contributed by atoms with E-state index in [0.29, 0.717) is 47.2 Å². The van der Waals surface area contributed by atoms with Crippen LogP contribution >= 0.6 is 0 Å². The highest BCUT2D eigenvalue weighted by Gasteiger charge is 2.37. The highest BCUT2D eigenvalue weighted by Crippen LogP contribution is 2.32. The molecule has 2 atom stereocenters. The minimum atomic E-state index is -3.68. The number of rotatable bonds is 11. The lowest BCUT2D eigenvalue weighted by molar-refractivity contribution is -0.126. The maximum atomic E-state index is 13.5. The van der Waals surface area contributed by atoms with Gasteiger partial charge in [-0.1, -0.05) is 30.3 Å². The maximum Gasteiger partial charge on any atom is 0.246 e. The number of nitrogens with zero attached hydrogens (tertiary/aromatic N) is 2. The van der Waals surface area contributed by atoms with Crippen LogP contribution < -0.4 is 10.1 Å². The normalized spacial score (nSPS) is 20.9. The first-order valence-electron chi connectivity index (χ1n) is 13.6. The summed E-state index contributed by atoms with van der Waals surface area (Å²) in [6.45, 7) is 7.80. The Kier molecular flexibility index (Phi) is 9.81. The molecule has 0 saturated carbocycles. The van der Waals surface area contributed by atoms with Crippen LogP contribution in [-0.2, 0) is 26.1 Å². The van der Waals surface area contributed by atoms with Gasteiger partial charge in [0.2, 0.25) is 15.9 Å². The summed E-state index contributed by atoms with van der Waals surface area (Å²) in [5, 5.41) is 3.02. The molecule has 2 aromatic carbocycles. The number of piperidine rings is 1. The minimum absolute atomic E-state index is 0.0641. The Morgan fingerprint density at radius 1 is 1.05 bits per heavy atom. The number of aryl methyl sites for hydroxylation is 2. The van der Waals surface area contributed by atoms with Gasteiger partial charge in [-0.15, -0.1) is 0 Å². The Bertz CT molecular complexity index is 1160. The monoisotopic (exact) mass is 543 g/mol. The van der Waals surface area contributed by atoms with Gasteiger partial charge in [0.25, 0.3) is 0 Å². The second kappa shape index (κ2) is 13.1. The average Bonchev–Trinajstić information content (AvgIpc) is 3.37. The molecule has 2 heterocycles. The molecule has 1 amide bonds. The molecule has 8 nitrogen and oxygen atoms in total. The third-order valence-corrected chi connectivity index (χ3v) is 9.80. The molecule has 2 fully saturated rings. The summed E-state index contributed by atoms with van der Waals surface area (Å²) in [5.74, 6) is 0.908. The first-order chi connectivity index (χ1) is 18.3. The Labute approximate surface area is 227 Å². The van der Waals surface area contributed by atoms with Gasteiger partial charge in [-0.2, -0.15) is 4.31 Å². The van der Waals surface area contributed by atoms with Crippen LogP contribution in [0.4, 0.5) is 0 Å². The molecule has 2 unspecified atom stereocenters. The van der Waals surface area contributed by atoms with Crippen molar-refractivity contribution in [2.45, 2.75) is 57.0 Å². The van der Waals surface area contributed by atoms with Crippen molar-refractivity contribution in [2.75, 3.05) is 46.5 Å². The number of hydrogen-bond donors (Lipinski definition) is 1. The zero-order chi connectivity index (χ0) is 27.1. The van der Waals surface area contributed by atoms with Crippen molar-refractivity contribution in [2.24, 2.45) is 5.92 Å². The number of carbonyl (C=O) groups excluding carboxylic acids is 1. The van der Waals surface area contributed by atoms with E-state index in [1.165, 1.54) is 9.87 Å². The smallest absolute Gasteiger partial charge is 0.246 e. The van der Waals surface area contributed by atoms with Crippen LogP contribution in [0.25, 0.3) is 0 Å². The van der Waals surface area contributed by atoms with Crippen molar-refractivity contribution >= 4 is 15.9 Å². The highest BCUT2D eigenvalue weighted by molar-refractivity contribution is 7.89. The number of sulfonamides is 1. The Hall–Kier alpha value is -2.46. The van der Waals surface area contributed by atoms with E-state index in [4.69, 9.17) is 9.47 Å². The minimum Gasteiger partial charge on any atom is -0.497 e. The van der Waals surface area contributed by atoms with Crippen LogP contribution in [0.3, 0.4) is 0 Å². The van der Waals surface area contributed by atoms with Crippen LogP contribution in [0, 0.1) is 19.8 Å². The molecule has 2 aliphatic heterocycles. The summed E-state index contributed by atoms with van der Waals surface area (Å²) in [7, 11) is -2.11. The molecule has 4 rings (SSSR count). The number of amides is 1. The molecular formula is C29H41N3O5S. The quantitative estimate of drug-likeness (QED) is 0.467. The predicted octanol–water partition coefficient (Wildman–Crippen LogP) is 3.51. The van der Waals surface area contributed by atoms with Gasteiger partial charge in [-0.05, 0) is 80.8 Å². The van der Waals surface area contributed by atoms with Crippen molar-refractivity contribution in [3.63, 3.8) is 0 Å².